The predicted octanol–water partition coefficient (Wildman–Crippen LogP) is 2.80. The van der Waals surface area contributed by atoms with E-state index in [9.17, 15) is 24.3 Å². The maximum atomic E-state index is 12.6. The zero-order valence-corrected chi connectivity index (χ0v) is 21.0. The van der Waals surface area contributed by atoms with Crippen molar-refractivity contribution in [2.24, 2.45) is 0 Å². The first kappa shape index (κ1) is 24.3. The molecule has 0 aliphatic heterocycles. The van der Waals surface area contributed by atoms with Crippen LogP contribution >= 0.6 is 67.8 Å². The van der Waals surface area contributed by atoms with Gasteiger partial charge >= 0.3 is 5.97 Å². The normalized spacial score (nSPS) is 10.3. The van der Waals surface area contributed by atoms with Crippen molar-refractivity contribution in [2.45, 2.75) is 26.2 Å². The largest absolute Gasteiger partial charge is 0.478 e. The van der Waals surface area contributed by atoms with Gasteiger partial charge in [0.05, 0.1) is 30.5 Å². The summed E-state index contributed by atoms with van der Waals surface area (Å²) in [6.07, 6.45) is 1.85. The molecule has 0 fully saturated rings. The SMILES string of the molecule is CCCCC(=O)Nc1c(I)c(C(=O)O)c(I)c(C(=O)NCC(=O)NC)c1I. The van der Waals surface area contributed by atoms with E-state index in [0.717, 1.165) is 6.42 Å². The maximum Gasteiger partial charge on any atom is 0.337 e. The highest BCUT2D eigenvalue weighted by atomic mass is 127. The van der Waals surface area contributed by atoms with Gasteiger partial charge in [0.2, 0.25) is 11.8 Å². The van der Waals surface area contributed by atoms with Gasteiger partial charge in [-0.05, 0) is 74.2 Å². The number of hydrogen-bond donors (Lipinski definition) is 4. The minimum absolute atomic E-state index is 0.0625. The lowest BCUT2D eigenvalue weighted by Gasteiger charge is -2.18. The number of anilines is 1. The molecule has 148 valence electrons. The van der Waals surface area contributed by atoms with Crippen LogP contribution in [-0.4, -0.2) is 42.4 Å². The molecule has 0 aliphatic carbocycles. The van der Waals surface area contributed by atoms with E-state index >= 15 is 0 Å². The average Bonchev–Trinajstić information content (AvgIpc) is 2.61. The van der Waals surface area contributed by atoms with Crippen molar-refractivity contribution in [3.63, 3.8) is 0 Å². The summed E-state index contributed by atoms with van der Waals surface area (Å²) in [4.78, 5) is 47.9. The van der Waals surface area contributed by atoms with Crippen LogP contribution in [0.3, 0.4) is 0 Å². The van der Waals surface area contributed by atoms with Crippen molar-refractivity contribution in [3.8, 4) is 0 Å². The Balaban J connectivity index is 3.41. The third kappa shape index (κ3) is 6.40. The zero-order chi connectivity index (χ0) is 20.7. The van der Waals surface area contributed by atoms with Crippen LogP contribution < -0.4 is 16.0 Å². The lowest BCUT2D eigenvalue weighted by atomic mass is 10.1. The molecule has 8 nitrogen and oxygen atoms in total. The number of carbonyl (C=O) groups excluding carboxylic acids is 3. The summed E-state index contributed by atoms with van der Waals surface area (Å²) < 4.78 is 1.02. The van der Waals surface area contributed by atoms with Crippen molar-refractivity contribution in [1.82, 2.24) is 10.6 Å². The lowest BCUT2D eigenvalue weighted by molar-refractivity contribution is -0.119. The Morgan fingerprint density at radius 2 is 1.56 bits per heavy atom. The number of amides is 3. The molecule has 0 saturated heterocycles. The summed E-state index contributed by atoms with van der Waals surface area (Å²) in [7, 11) is 1.44. The number of carboxylic acids is 1. The molecule has 0 spiro atoms. The molecule has 1 aromatic carbocycles. The van der Waals surface area contributed by atoms with Gasteiger partial charge in [-0.1, -0.05) is 13.3 Å². The van der Waals surface area contributed by atoms with Crippen LogP contribution in [-0.2, 0) is 9.59 Å². The highest BCUT2D eigenvalue weighted by Gasteiger charge is 2.28. The molecule has 3 amide bonds. The van der Waals surface area contributed by atoms with E-state index in [1.165, 1.54) is 7.05 Å². The Morgan fingerprint density at radius 3 is 2.07 bits per heavy atom. The maximum absolute atomic E-state index is 12.6. The number of likely N-dealkylation sites (N-methyl/N-ethyl adjacent to an activating group) is 1. The quantitative estimate of drug-likeness (QED) is 0.309. The van der Waals surface area contributed by atoms with Gasteiger partial charge in [-0.15, -0.1) is 0 Å². The number of carbonyl (C=O) groups is 4. The number of rotatable bonds is 8. The molecule has 1 aromatic rings. The summed E-state index contributed by atoms with van der Waals surface area (Å²) in [5, 5.41) is 17.2. The number of unbranched alkanes of at least 4 members (excludes halogenated alkanes) is 1. The van der Waals surface area contributed by atoms with E-state index in [1.807, 2.05) is 52.1 Å². The minimum Gasteiger partial charge on any atom is -0.478 e. The topological polar surface area (TPSA) is 125 Å². The fraction of sp³-hybridized carbons (Fsp3) is 0.375. The van der Waals surface area contributed by atoms with E-state index in [-0.39, 0.29) is 33.1 Å². The Morgan fingerprint density at radius 1 is 0.963 bits per heavy atom. The monoisotopic (exact) mass is 713 g/mol. The van der Waals surface area contributed by atoms with Crippen LogP contribution in [0.15, 0.2) is 0 Å². The summed E-state index contributed by atoms with van der Waals surface area (Å²) >= 11 is 5.56. The number of nitrogens with one attached hydrogen (secondary N) is 3. The van der Waals surface area contributed by atoms with Gasteiger partial charge in [0.25, 0.3) is 5.91 Å². The molecule has 0 heterocycles. The van der Waals surface area contributed by atoms with E-state index < -0.39 is 11.9 Å². The number of hydrogen-bond acceptors (Lipinski definition) is 4. The smallest absolute Gasteiger partial charge is 0.337 e. The number of benzene rings is 1. The molecule has 27 heavy (non-hydrogen) atoms. The highest BCUT2D eigenvalue weighted by molar-refractivity contribution is 14.1. The molecule has 0 unspecified atom stereocenters. The van der Waals surface area contributed by atoms with E-state index in [1.54, 1.807) is 22.6 Å². The molecule has 0 atom stereocenters. The van der Waals surface area contributed by atoms with Gasteiger partial charge in [-0.3, -0.25) is 14.4 Å². The Hall–Kier alpha value is -0.710. The Kier molecular flexibility index (Phi) is 10.2. The van der Waals surface area contributed by atoms with Crippen LogP contribution in [0, 0.1) is 10.7 Å². The predicted molar refractivity (Wildman–Crippen MR) is 126 cm³/mol. The molecule has 4 N–H and O–H groups in total. The molecule has 0 saturated carbocycles. The lowest BCUT2D eigenvalue weighted by Crippen LogP contribution is -2.36. The molecule has 11 heteroatoms. The van der Waals surface area contributed by atoms with Crippen LogP contribution in [0.4, 0.5) is 5.69 Å². The van der Waals surface area contributed by atoms with Crippen molar-refractivity contribution >= 4 is 97.2 Å². The minimum atomic E-state index is -1.20. The Bertz CT molecular complexity index is 783. The fourth-order valence-electron chi connectivity index (χ4n) is 2.04. The number of halogens is 3. The second-order valence-corrected chi connectivity index (χ2v) is 8.62. The third-order valence-electron chi connectivity index (χ3n) is 3.47. The van der Waals surface area contributed by atoms with Crippen LogP contribution in [0.2, 0.25) is 0 Å². The first-order chi connectivity index (χ1) is 12.6. The van der Waals surface area contributed by atoms with Gasteiger partial charge in [-0.25, -0.2) is 4.79 Å². The molecule has 0 aromatic heterocycles. The highest BCUT2D eigenvalue weighted by Crippen LogP contribution is 2.35. The third-order valence-corrected chi connectivity index (χ3v) is 6.70. The number of carboxylic acid groups (broad SMARTS) is 1. The summed E-state index contributed by atoms with van der Waals surface area (Å²) in [5.41, 5.74) is 0.344. The first-order valence-corrected chi connectivity index (χ1v) is 11.1. The summed E-state index contributed by atoms with van der Waals surface area (Å²) in [5.74, 6) is -2.42. The Labute approximate surface area is 197 Å². The van der Waals surface area contributed by atoms with Gasteiger partial charge in [0.1, 0.15) is 0 Å². The van der Waals surface area contributed by atoms with Crippen LogP contribution in [0.1, 0.15) is 46.9 Å². The van der Waals surface area contributed by atoms with Crippen molar-refractivity contribution in [3.05, 3.63) is 21.8 Å². The summed E-state index contributed by atoms with van der Waals surface area (Å²) in [6.45, 7) is 1.72. The first-order valence-electron chi connectivity index (χ1n) is 7.87. The molecular formula is C16H18I3N3O5. The summed E-state index contributed by atoms with van der Waals surface area (Å²) in [6, 6.07) is 0. The van der Waals surface area contributed by atoms with Crippen molar-refractivity contribution < 1.29 is 24.3 Å². The molecule has 0 bridgehead atoms. The van der Waals surface area contributed by atoms with Gasteiger partial charge in [-0.2, -0.15) is 0 Å². The number of aromatic carboxylic acids is 1. The molecule has 0 aliphatic rings. The fourth-order valence-corrected chi connectivity index (χ4v) is 6.42. The van der Waals surface area contributed by atoms with Gasteiger partial charge < -0.3 is 21.1 Å². The van der Waals surface area contributed by atoms with Crippen LogP contribution in [0.5, 0.6) is 0 Å². The van der Waals surface area contributed by atoms with E-state index in [2.05, 4.69) is 16.0 Å². The molecule has 1 rings (SSSR count). The zero-order valence-electron chi connectivity index (χ0n) is 14.5. The van der Waals surface area contributed by atoms with Gasteiger partial charge in [0.15, 0.2) is 0 Å². The van der Waals surface area contributed by atoms with Crippen molar-refractivity contribution in [2.75, 3.05) is 18.9 Å². The second-order valence-electron chi connectivity index (χ2n) is 5.38. The second kappa shape index (κ2) is 11.3. The average molecular weight is 713 g/mol. The van der Waals surface area contributed by atoms with E-state index in [4.69, 9.17) is 0 Å². The van der Waals surface area contributed by atoms with E-state index in [0.29, 0.717) is 25.7 Å². The van der Waals surface area contributed by atoms with Crippen molar-refractivity contribution in [1.29, 1.82) is 0 Å². The standard InChI is InChI=1S/C16H18I3N3O5/c1-3-4-5-7(23)22-14-12(18)9(15(25)21-6-8(24)20-2)11(17)10(13(14)19)16(26)27/h3-6H2,1-2H3,(H,20,24)(H,21,25)(H,22,23)(H,26,27). The van der Waals surface area contributed by atoms with Gasteiger partial charge in [0, 0.05) is 17.0 Å². The molecule has 0 radical (unpaired) electrons. The molecular weight excluding hydrogens is 695 g/mol. The van der Waals surface area contributed by atoms with Crippen LogP contribution in [0.25, 0.3) is 0 Å².